The molecule has 11 nitrogen and oxygen atoms in total. The first-order valence-corrected chi connectivity index (χ1v) is 11.0. The zero-order valence-electron chi connectivity index (χ0n) is 18.7. The van der Waals surface area contributed by atoms with Crippen LogP contribution in [0.1, 0.15) is 20.3 Å². The number of hydrogen-bond acceptors (Lipinski definition) is 11. The van der Waals surface area contributed by atoms with Crippen LogP contribution in [-0.2, 0) is 33.3 Å². The lowest BCUT2D eigenvalue weighted by atomic mass is 9.82. The zero-order valence-corrected chi connectivity index (χ0v) is 18.7. The van der Waals surface area contributed by atoms with Gasteiger partial charge in [-0.1, -0.05) is 12.2 Å². The van der Waals surface area contributed by atoms with Crippen LogP contribution >= 0.6 is 0 Å². The van der Waals surface area contributed by atoms with E-state index >= 15 is 0 Å². The number of hydrogen-bond donors (Lipinski definition) is 4. The number of fused-ring (bicyclic) bond motifs is 3. The molecule has 2 saturated heterocycles. The van der Waals surface area contributed by atoms with Crippen LogP contribution in [0.4, 0.5) is 0 Å². The van der Waals surface area contributed by atoms with Crippen molar-refractivity contribution < 1.29 is 53.8 Å². The highest BCUT2D eigenvalue weighted by molar-refractivity contribution is 6.09. The minimum absolute atomic E-state index is 0.152. The highest BCUT2D eigenvalue weighted by atomic mass is 16.7. The molecule has 9 atom stereocenters. The van der Waals surface area contributed by atoms with Gasteiger partial charge in [0.1, 0.15) is 36.6 Å². The summed E-state index contributed by atoms with van der Waals surface area (Å²) in [6, 6.07) is 0. The van der Waals surface area contributed by atoms with Crippen LogP contribution in [-0.4, -0.2) is 94.3 Å². The summed E-state index contributed by atoms with van der Waals surface area (Å²) >= 11 is 0. The second-order valence-corrected chi connectivity index (χ2v) is 9.04. The molecule has 0 amide bonds. The molecule has 2 fully saturated rings. The summed E-state index contributed by atoms with van der Waals surface area (Å²) in [5.74, 6) is -2.83. The molecule has 4 rings (SSSR count). The van der Waals surface area contributed by atoms with E-state index in [0.717, 1.165) is 0 Å². The van der Waals surface area contributed by atoms with Gasteiger partial charge in [0, 0.05) is 30.4 Å². The second-order valence-electron chi connectivity index (χ2n) is 9.04. The monoisotopic (exact) mass is 480 g/mol. The van der Waals surface area contributed by atoms with Crippen molar-refractivity contribution >= 4 is 17.7 Å². The largest absolute Gasteiger partial charge is 0.461 e. The molecular weight excluding hydrogens is 452 g/mol. The first-order chi connectivity index (χ1) is 16.0. The molecule has 0 unspecified atom stereocenters. The first kappa shape index (κ1) is 24.7. The quantitative estimate of drug-likeness (QED) is 0.272. The maximum atomic E-state index is 12.9. The molecule has 0 saturated carbocycles. The van der Waals surface area contributed by atoms with Gasteiger partial charge in [0.05, 0.1) is 19.1 Å². The molecular formula is C23H28O11. The highest BCUT2D eigenvalue weighted by Gasteiger charge is 2.54. The number of carbonyl (C=O) groups is 3. The van der Waals surface area contributed by atoms with E-state index in [0.29, 0.717) is 16.7 Å². The van der Waals surface area contributed by atoms with Crippen LogP contribution < -0.4 is 0 Å². The summed E-state index contributed by atoms with van der Waals surface area (Å²) in [6.45, 7) is 5.98. The second kappa shape index (κ2) is 9.33. The van der Waals surface area contributed by atoms with Gasteiger partial charge in [0.2, 0.25) is 0 Å². The van der Waals surface area contributed by atoms with E-state index < -0.39 is 73.3 Å². The Balaban J connectivity index is 1.60. The molecule has 186 valence electrons. The number of ether oxygens (including phenoxy) is 4. The fraction of sp³-hybridized carbons (Fsp3) is 0.609. The van der Waals surface area contributed by atoms with E-state index in [-0.39, 0.29) is 24.4 Å². The van der Waals surface area contributed by atoms with Crippen molar-refractivity contribution in [2.45, 2.75) is 63.2 Å². The summed E-state index contributed by atoms with van der Waals surface area (Å²) in [4.78, 5) is 37.0. The zero-order chi connectivity index (χ0) is 24.9. The van der Waals surface area contributed by atoms with Crippen LogP contribution in [0.5, 0.6) is 0 Å². The average Bonchev–Trinajstić information content (AvgIpc) is 3.22. The summed E-state index contributed by atoms with van der Waals surface area (Å²) in [5, 5.41) is 39.5. The van der Waals surface area contributed by atoms with E-state index in [1.807, 2.05) is 0 Å². The van der Waals surface area contributed by atoms with Crippen molar-refractivity contribution in [3.8, 4) is 0 Å². The molecule has 2 heterocycles. The molecule has 0 aromatic rings. The number of rotatable bonds is 5. The van der Waals surface area contributed by atoms with E-state index in [4.69, 9.17) is 18.9 Å². The van der Waals surface area contributed by atoms with Gasteiger partial charge in [-0.05, 0) is 18.6 Å². The maximum Gasteiger partial charge on any atom is 0.334 e. The van der Waals surface area contributed by atoms with E-state index in [1.54, 1.807) is 6.92 Å². The average molecular weight is 480 g/mol. The predicted octanol–water partition coefficient (Wildman–Crippen LogP) is -1.32. The Kier molecular flexibility index (Phi) is 6.78. The van der Waals surface area contributed by atoms with Crippen LogP contribution in [0.15, 0.2) is 34.9 Å². The summed E-state index contributed by atoms with van der Waals surface area (Å²) in [7, 11) is 0. The van der Waals surface area contributed by atoms with Crippen molar-refractivity contribution in [1.82, 2.24) is 0 Å². The van der Waals surface area contributed by atoms with Crippen LogP contribution in [0, 0.1) is 11.8 Å². The maximum absolute atomic E-state index is 12.9. The smallest absolute Gasteiger partial charge is 0.334 e. The molecule has 0 radical (unpaired) electrons. The standard InChI is InChI=1S/C23H28O11/c1-8-4-13(32-10(3)25)16-9(2)22(30)34-21(16)17-11(5-12(26)15(8)17)7-31-23-20(29)19(28)18(27)14(6-24)33-23/h5,13-14,16-21,23-24,27-29H,2,4,6-7H2,1,3H3/t13-,14+,16+,17-,18+,19+,20-,21-,23+/m0/s1. The van der Waals surface area contributed by atoms with Crippen molar-refractivity contribution in [2.75, 3.05) is 13.2 Å². The first-order valence-electron chi connectivity index (χ1n) is 11.0. The van der Waals surface area contributed by atoms with Gasteiger partial charge in [0.25, 0.3) is 0 Å². The summed E-state index contributed by atoms with van der Waals surface area (Å²) in [6.07, 6.45) is -7.29. The minimum atomic E-state index is -1.61. The lowest BCUT2D eigenvalue weighted by Crippen LogP contribution is -2.59. The van der Waals surface area contributed by atoms with E-state index in [9.17, 15) is 34.8 Å². The minimum Gasteiger partial charge on any atom is -0.461 e. The van der Waals surface area contributed by atoms with Gasteiger partial charge in [-0.3, -0.25) is 9.59 Å². The van der Waals surface area contributed by atoms with Gasteiger partial charge < -0.3 is 39.4 Å². The number of ketones is 1. The molecule has 11 heteroatoms. The molecule has 0 aromatic heterocycles. The fourth-order valence-corrected chi connectivity index (χ4v) is 5.23. The molecule has 4 aliphatic rings. The summed E-state index contributed by atoms with van der Waals surface area (Å²) < 4.78 is 22.1. The third-order valence-corrected chi connectivity index (χ3v) is 6.83. The number of aliphatic hydroxyl groups is 4. The Morgan fingerprint density at radius 1 is 1.21 bits per heavy atom. The van der Waals surface area contributed by atoms with Gasteiger partial charge in [-0.2, -0.15) is 0 Å². The molecule has 34 heavy (non-hydrogen) atoms. The third kappa shape index (κ3) is 4.12. The SMILES string of the molecule is C=C1C(=O)O[C@@H]2[C@H]3C(CO[C@@H]4O[C@H](CO)[C@@H](O)[C@@H](O)[C@@H]4O)=CC(=O)C3=C(C)C[C@H](OC(C)=O)[C@@H]12. The van der Waals surface area contributed by atoms with E-state index in [1.165, 1.54) is 13.0 Å². The Morgan fingerprint density at radius 2 is 1.91 bits per heavy atom. The van der Waals surface area contributed by atoms with Gasteiger partial charge in [-0.25, -0.2) is 4.79 Å². The molecule has 2 aliphatic heterocycles. The van der Waals surface area contributed by atoms with Crippen LogP contribution in [0.25, 0.3) is 0 Å². The van der Waals surface area contributed by atoms with Crippen LogP contribution in [0.2, 0.25) is 0 Å². The number of esters is 2. The molecule has 0 spiro atoms. The Morgan fingerprint density at radius 3 is 2.56 bits per heavy atom. The van der Waals surface area contributed by atoms with E-state index in [2.05, 4.69) is 6.58 Å². The van der Waals surface area contributed by atoms with Crippen molar-refractivity contribution in [1.29, 1.82) is 0 Å². The highest BCUT2D eigenvalue weighted by Crippen LogP contribution is 2.48. The Hall–Kier alpha value is -2.41. The molecule has 4 N–H and O–H groups in total. The topological polar surface area (TPSA) is 169 Å². The lowest BCUT2D eigenvalue weighted by molar-refractivity contribution is -0.299. The van der Waals surface area contributed by atoms with Crippen molar-refractivity contribution in [2.24, 2.45) is 11.8 Å². The lowest BCUT2D eigenvalue weighted by Gasteiger charge is -2.39. The van der Waals surface area contributed by atoms with Crippen molar-refractivity contribution in [3.05, 3.63) is 34.9 Å². The molecule has 0 aromatic carbocycles. The Bertz CT molecular complexity index is 964. The number of aliphatic hydroxyl groups excluding tert-OH is 4. The van der Waals surface area contributed by atoms with Crippen molar-refractivity contribution in [3.63, 3.8) is 0 Å². The number of carbonyl (C=O) groups excluding carboxylic acids is 3. The fourth-order valence-electron chi connectivity index (χ4n) is 5.23. The Labute approximate surface area is 195 Å². The molecule has 2 aliphatic carbocycles. The number of allylic oxidation sites excluding steroid dienone is 1. The third-order valence-electron chi connectivity index (χ3n) is 6.83. The van der Waals surface area contributed by atoms with Gasteiger partial charge in [-0.15, -0.1) is 0 Å². The summed E-state index contributed by atoms with van der Waals surface area (Å²) in [5.41, 5.74) is 1.69. The predicted molar refractivity (Wildman–Crippen MR) is 112 cm³/mol. The van der Waals surface area contributed by atoms with Gasteiger partial charge >= 0.3 is 11.9 Å². The van der Waals surface area contributed by atoms with Gasteiger partial charge in [0.15, 0.2) is 12.1 Å². The normalized spacial score (nSPS) is 39.9. The van der Waals surface area contributed by atoms with Crippen LogP contribution in [0.3, 0.4) is 0 Å². The molecule has 0 bridgehead atoms.